The van der Waals surface area contributed by atoms with E-state index >= 15 is 0 Å². The van der Waals surface area contributed by atoms with Gasteiger partial charge >= 0.3 is 5.91 Å². The van der Waals surface area contributed by atoms with E-state index in [1.54, 1.807) is 36.4 Å². The van der Waals surface area contributed by atoms with Crippen LogP contribution in [0.2, 0.25) is 0 Å². The van der Waals surface area contributed by atoms with Crippen LogP contribution in [0, 0.1) is 5.92 Å². The summed E-state index contributed by atoms with van der Waals surface area (Å²) in [5, 5.41) is 0. The van der Waals surface area contributed by atoms with E-state index in [2.05, 4.69) is 6.92 Å². The number of hydrogen-bond acceptors (Lipinski definition) is 3. The minimum Gasteiger partial charge on any atom is -0.283 e. The molecule has 4 nitrogen and oxygen atoms in total. The summed E-state index contributed by atoms with van der Waals surface area (Å²) in [6, 6.07) is 14.3. The Bertz CT molecular complexity index is 939. The highest BCUT2D eigenvalue weighted by molar-refractivity contribution is 6.57. The van der Waals surface area contributed by atoms with Gasteiger partial charge in [0, 0.05) is 5.56 Å². The molecule has 0 aromatic heterocycles. The van der Waals surface area contributed by atoms with E-state index in [0.29, 0.717) is 22.7 Å². The number of Topliss-reactive ketones (excluding diaryl/α,β-unsaturated/α-hetero) is 1. The normalized spacial score (nSPS) is 21.0. The SMILES string of the molecule is CCCCCC1CCC(c2ccc(C(=O)N3C(=O)C(=O)c4ccccc43)cc2)CC1. The molecule has 1 aliphatic heterocycles. The average Bonchev–Trinajstić information content (AvgIpc) is 3.04. The van der Waals surface area contributed by atoms with Crippen LogP contribution in [0.1, 0.15) is 90.5 Å². The van der Waals surface area contributed by atoms with Crippen molar-refractivity contribution in [3.05, 3.63) is 65.2 Å². The van der Waals surface area contributed by atoms with Crippen molar-refractivity contribution in [1.82, 2.24) is 0 Å². The van der Waals surface area contributed by atoms with Crippen molar-refractivity contribution < 1.29 is 14.4 Å². The Kier molecular flexibility index (Phi) is 6.12. The lowest BCUT2D eigenvalue weighted by Gasteiger charge is -2.29. The van der Waals surface area contributed by atoms with Crippen LogP contribution < -0.4 is 4.90 Å². The molecule has 4 heteroatoms. The number of nitrogens with zero attached hydrogens (tertiary/aromatic N) is 1. The van der Waals surface area contributed by atoms with E-state index in [4.69, 9.17) is 0 Å². The first kappa shape index (κ1) is 20.5. The molecule has 0 saturated heterocycles. The van der Waals surface area contributed by atoms with Crippen molar-refractivity contribution in [2.24, 2.45) is 5.92 Å². The van der Waals surface area contributed by atoms with Crippen molar-refractivity contribution in [3.63, 3.8) is 0 Å². The van der Waals surface area contributed by atoms with Gasteiger partial charge in [0.2, 0.25) is 0 Å². The highest BCUT2D eigenvalue weighted by Crippen LogP contribution is 2.38. The van der Waals surface area contributed by atoms with Gasteiger partial charge in [0.25, 0.3) is 11.7 Å². The second kappa shape index (κ2) is 8.95. The fourth-order valence-corrected chi connectivity index (χ4v) is 4.88. The minimum absolute atomic E-state index is 0.295. The number of carbonyl (C=O) groups is 3. The number of unbranched alkanes of at least 4 members (excludes halogenated alkanes) is 2. The monoisotopic (exact) mass is 403 g/mol. The summed E-state index contributed by atoms with van der Waals surface area (Å²) < 4.78 is 0. The van der Waals surface area contributed by atoms with Gasteiger partial charge in [-0.3, -0.25) is 14.4 Å². The molecule has 0 bridgehead atoms. The number of benzene rings is 2. The van der Waals surface area contributed by atoms with Crippen LogP contribution in [0.15, 0.2) is 48.5 Å². The van der Waals surface area contributed by atoms with Gasteiger partial charge in [-0.15, -0.1) is 0 Å². The van der Waals surface area contributed by atoms with Gasteiger partial charge in [-0.2, -0.15) is 0 Å². The number of amides is 2. The quantitative estimate of drug-likeness (QED) is 0.342. The molecule has 2 aromatic rings. The average molecular weight is 404 g/mol. The first-order valence-electron chi connectivity index (χ1n) is 11.2. The lowest BCUT2D eigenvalue weighted by atomic mass is 9.77. The molecule has 4 rings (SSSR count). The molecule has 2 aliphatic rings. The third-order valence-corrected chi connectivity index (χ3v) is 6.68. The minimum atomic E-state index is -0.772. The van der Waals surface area contributed by atoms with Gasteiger partial charge in [-0.1, -0.05) is 56.9 Å². The zero-order valence-corrected chi connectivity index (χ0v) is 17.6. The summed E-state index contributed by atoms with van der Waals surface area (Å²) in [4.78, 5) is 38.5. The van der Waals surface area contributed by atoms with Gasteiger partial charge in [0.15, 0.2) is 0 Å². The molecular formula is C26H29NO3. The number of rotatable bonds is 6. The summed E-state index contributed by atoms with van der Waals surface area (Å²) in [6.45, 7) is 2.25. The third kappa shape index (κ3) is 3.96. The van der Waals surface area contributed by atoms with Crippen molar-refractivity contribution in [2.45, 2.75) is 64.2 Å². The number of para-hydroxylation sites is 1. The van der Waals surface area contributed by atoms with Crippen LogP contribution in [0.4, 0.5) is 5.69 Å². The molecule has 0 N–H and O–H groups in total. The lowest BCUT2D eigenvalue weighted by Crippen LogP contribution is -2.35. The van der Waals surface area contributed by atoms with E-state index in [1.807, 2.05) is 12.1 Å². The van der Waals surface area contributed by atoms with E-state index in [9.17, 15) is 14.4 Å². The molecule has 1 aliphatic carbocycles. The molecule has 1 heterocycles. The van der Waals surface area contributed by atoms with Gasteiger partial charge in [0.1, 0.15) is 0 Å². The Balaban J connectivity index is 1.42. The molecule has 0 radical (unpaired) electrons. The molecule has 0 unspecified atom stereocenters. The second-order valence-corrected chi connectivity index (χ2v) is 8.63. The molecule has 0 atom stereocenters. The highest BCUT2D eigenvalue weighted by Gasteiger charge is 2.39. The van der Waals surface area contributed by atoms with E-state index in [-0.39, 0.29) is 0 Å². The Morgan fingerprint density at radius 1 is 0.933 bits per heavy atom. The number of imide groups is 1. The summed E-state index contributed by atoms with van der Waals surface area (Å²) in [7, 11) is 0. The third-order valence-electron chi connectivity index (χ3n) is 6.68. The maximum atomic E-state index is 13.0. The number of hydrogen-bond donors (Lipinski definition) is 0. The van der Waals surface area contributed by atoms with E-state index in [1.165, 1.54) is 56.9 Å². The van der Waals surface area contributed by atoms with Crippen LogP contribution in [0.25, 0.3) is 0 Å². The summed E-state index contributed by atoms with van der Waals surface area (Å²) in [6.07, 6.45) is 10.3. The molecule has 0 spiro atoms. The van der Waals surface area contributed by atoms with Gasteiger partial charge < -0.3 is 0 Å². The molecule has 2 amide bonds. The summed E-state index contributed by atoms with van der Waals surface area (Å²) in [5.74, 6) is -0.415. The predicted octanol–water partition coefficient (Wildman–Crippen LogP) is 5.91. The van der Waals surface area contributed by atoms with Crippen LogP contribution >= 0.6 is 0 Å². The standard InChI is InChI=1S/C26H29NO3/c1-2-3-4-7-18-10-12-19(13-11-18)20-14-16-21(17-15-20)25(29)27-23-9-6-5-8-22(23)24(28)26(27)30/h5-6,8-9,14-19H,2-4,7,10-13H2,1H3. The van der Waals surface area contributed by atoms with Crippen molar-refractivity contribution in [1.29, 1.82) is 0 Å². The smallest absolute Gasteiger partial charge is 0.283 e. The van der Waals surface area contributed by atoms with Crippen molar-refractivity contribution >= 4 is 23.3 Å². The maximum Gasteiger partial charge on any atom is 0.306 e. The van der Waals surface area contributed by atoms with Gasteiger partial charge in [0.05, 0.1) is 11.3 Å². The van der Waals surface area contributed by atoms with Gasteiger partial charge in [-0.05, 0) is 67.3 Å². The zero-order valence-electron chi connectivity index (χ0n) is 17.6. The number of anilines is 1. The highest BCUT2D eigenvalue weighted by atomic mass is 16.2. The topological polar surface area (TPSA) is 54.5 Å². The fraction of sp³-hybridized carbons (Fsp3) is 0.423. The summed E-state index contributed by atoms with van der Waals surface area (Å²) in [5.41, 5.74) is 2.37. The molecule has 2 aromatic carbocycles. The number of fused-ring (bicyclic) bond motifs is 1. The Labute approximate surface area is 178 Å². The van der Waals surface area contributed by atoms with Crippen LogP contribution in [0.5, 0.6) is 0 Å². The van der Waals surface area contributed by atoms with Crippen molar-refractivity contribution in [3.8, 4) is 0 Å². The lowest BCUT2D eigenvalue weighted by molar-refractivity contribution is -0.113. The number of ketones is 1. The second-order valence-electron chi connectivity index (χ2n) is 8.63. The fourth-order valence-electron chi connectivity index (χ4n) is 4.88. The largest absolute Gasteiger partial charge is 0.306 e. The van der Waals surface area contributed by atoms with Crippen LogP contribution in [0.3, 0.4) is 0 Å². The maximum absolute atomic E-state index is 13.0. The zero-order chi connectivity index (χ0) is 21.1. The van der Waals surface area contributed by atoms with Gasteiger partial charge in [-0.25, -0.2) is 4.90 Å². The van der Waals surface area contributed by atoms with Crippen LogP contribution in [-0.2, 0) is 4.79 Å². The Morgan fingerprint density at radius 3 is 2.33 bits per heavy atom. The van der Waals surface area contributed by atoms with Crippen molar-refractivity contribution in [2.75, 3.05) is 4.90 Å². The molecule has 1 saturated carbocycles. The molecule has 30 heavy (non-hydrogen) atoms. The Hall–Kier alpha value is -2.75. The predicted molar refractivity (Wildman–Crippen MR) is 118 cm³/mol. The van der Waals surface area contributed by atoms with Crippen LogP contribution in [-0.4, -0.2) is 17.6 Å². The first-order valence-corrected chi connectivity index (χ1v) is 11.2. The first-order chi connectivity index (χ1) is 14.6. The van der Waals surface area contributed by atoms with E-state index < -0.39 is 17.6 Å². The molecular weight excluding hydrogens is 374 g/mol. The molecule has 1 fully saturated rings. The number of carbonyl (C=O) groups excluding carboxylic acids is 3. The van der Waals surface area contributed by atoms with E-state index in [0.717, 1.165) is 10.8 Å². The summed E-state index contributed by atoms with van der Waals surface area (Å²) >= 11 is 0. The molecule has 156 valence electrons. The Morgan fingerprint density at radius 2 is 1.63 bits per heavy atom.